The van der Waals surface area contributed by atoms with Crippen LogP contribution < -0.4 is 5.32 Å². The van der Waals surface area contributed by atoms with Gasteiger partial charge in [0.15, 0.2) is 0 Å². The molecule has 0 unspecified atom stereocenters. The smallest absolute Gasteiger partial charge is 0.306 e. The second-order valence-electron chi connectivity index (χ2n) is 4.64. The van der Waals surface area contributed by atoms with Gasteiger partial charge in [-0.3, -0.25) is 4.79 Å². The third-order valence-corrected chi connectivity index (χ3v) is 4.88. The molecule has 0 saturated heterocycles. The molecular formula is C12H16ClN3O2S. The Morgan fingerprint density at radius 1 is 1.63 bits per heavy atom. The molecule has 1 aliphatic rings. The van der Waals surface area contributed by atoms with Gasteiger partial charge in [0.25, 0.3) is 0 Å². The number of thioether (sulfide) groups is 1. The van der Waals surface area contributed by atoms with Crippen LogP contribution in [-0.2, 0) is 9.53 Å². The van der Waals surface area contributed by atoms with Crippen LogP contribution in [0.1, 0.15) is 19.3 Å². The van der Waals surface area contributed by atoms with Crippen LogP contribution in [0, 0.1) is 5.41 Å². The molecule has 0 bridgehead atoms. The van der Waals surface area contributed by atoms with Crippen molar-refractivity contribution in [2.45, 2.75) is 24.3 Å². The van der Waals surface area contributed by atoms with Crippen LogP contribution in [0.5, 0.6) is 0 Å². The lowest BCUT2D eigenvalue weighted by molar-refractivity contribution is -0.141. The summed E-state index contributed by atoms with van der Waals surface area (Å²) in [6, 6.07) is 0. The molecular weight excluding hydrogens is 286 g/mol. The lowest BCUT2D eigenvalue weighted by atomic mass is 10.1. The number of esters is 1. The molecule has 19 heavy (non-hydrogen) atoms. The van der Waals surface area contributed by atoms with Crippen molar-refractivity contribution in [1.82, 2.24) is 9.97 Å². The number of rotatable bonds is 6. The van der Waals surface area contributed by atoms with Crippen LogP contribution in [0.3, 0.4) is 0 Å². The Bertz CT molecular complexity index is 480. The number of nitrogens with one attached hydrogen (secondary N) is 1. The number of hydrogen-bond acceptors (Lipinski definition) is 6. The summed E-state index contributed by atoms with van der Waals surface area (Å²) < 4.78 is 4.73. The van der Waals surface area contributed by atoms with Crippen molar-refractivity contribution in [3.63, 3.8) is 0 Å². The standard InChI is InChI=1S/C12H16ClN3O2S/c1-14-11-15-6-8(13)10(16-11)19-7-12(3-4-12)5-9(17)18-2/h6H,3-5,7H2,1-2H3,(H,14,15,16). The zero-order valence-electron chi connectivity index (χ0n) is 10.9. The van der Waals surface area contributed by atoms with E-state index in [1.807, 2.05) is 0 Å². The van der Waals surface area contributed by atoms with Gasteiger partial charge < -0.3 is 10.1 Å². The van der Waals surface area contributed by atoms with Crippen molar-refractivity contribution >= 4 is 35.3 Å². The van der Waals surface area contributed by atoms with Crippen molar-refractivity contribution in [3.05, 3.63) is 11.2 Å². The molecule has 1 N–H and O–H groups in total. The normalized spacial score (nSPS) is 15.9. The minimum absolute atomic E-state index is 0.0614. The SMILES string of the molecule is CNc1ncc(Cl)c(SCC2(CC(=O)OC)CC2)n1. The first-order valence-electron chi connectivity index (χ1n) is 5.98. The number of ether oxygens (including phenoxy) is 1. The first-order chi connectivity index (χ1) is 9.08. The van der Waals surface area contributed by atoms with Gasteiger partial charge in [-0.15, -0.1) is 11.8 Å². The van der Waals surface area contributed by atoms with Gasteiger partial charge in [-0.2, -0.15) is 0 Å². The van der Waals surface area contributed by atoms with Crippen molar-refractivity contribution in [3.8, 4) is 0 Å². The predicted octanol–water partition coefficient (Wildman–Crippen LogP) is 2.61. The topological polar surface area (TPSA) is 64.1 Å². The largest absolute Gasteiger partial charge is 0.469 e. The average Bonchev–Trinajstić information content (AvgIpc) is 3.18. The fourth-order valence-corrected chi connectivity index (χ4v) is 3.15. The number of anilines is 1. The van der Waals surface area contributed by atoms with Crippen molar-refractivity contribution in [2.75, 3.05) is 25.2 Å². The number of halogens is 1. The van der Waals surface area contributed by atoms with E-state index in [2.05, 4.69) is 15.3 Å². The van der Waals surface area contributed by atoms with Gasteiger partial charge in [-0.25, -0.2) is 9.97 Å². The molecule has 1 heterocycles. The summed E-state index contributed by atoms with van der Waals surface area (Å²) in [5.41, 5.74) is 0.0614. The highest BCUT2D eigenvalue weighted by Gasteiger charge is 2.44. The highest BCUT2D eigenvalue weighted by atomic mass is 35.5. The second-order valence-corrected chi connectivity index (χ2v) is 6.01. The Balaban J connectivity index is 1.97. The Kier molecular flexibility index (Phi) is 4.52. The molecule has 0 aromatic carbocycles. The number of nitrogens with zero attached hydrogens (tertiary/aromatic N) is 2. The lowest BCUT2D eigenvalue weighted by Crippen LogP contribution is -2.13. The monoisotopic (exact) mass is 301 g/mol. The van der Waals surface area contributed by atoms with E-state index in [0.29, 0.717) is 17.4 Å². The van der Waals surface area contributed by atoms with E-state index >= 15 is 0 Å². The van der Waals surface area contributed by atoms with Gasteiger partial charge in [0.2, 0.25) is 5.95 Å². The fraction of sp³-hybridized carbons (Fsp3) is 0.583. The molecule has 7 heteroatoms. The van der Waals surface area contributed by atoms with E-state index in [1.165, 1.54) is 7.11 Å². The summed E-state index contributed by atoms with van der Waals surface area (Å²) in [6.07, 6.45) is 4.16. The molecule has 1 aliphatic carbocycles. The van der Waals surface area contributed by atoms with Crippen LogP contribution in [0.15, 0.2) is 11.2 Å². The lowest BCUT2D eigenvalue weighted by Gasteiger charge is -2.13. The van der Waals surface area contributed by atoms with E-state index in [4.69, 9.17) is 16.3 Å². The first-order valence-corrected chi connectivity index (χ1v) is 7.35. The molecule has 1 fully saturated rings. The molecule has 5 nitrogen and oxygen atoms in total. The average molecular weight is 302 g/mol. The van der Waals surface area contributed by atoms with Gasteiger partial charge in [0.1, 0.15) is 5.03 Å². The number of aromatic nitrogens is 2. The number of carbonyl (C=O) groups excluding carboxylic acids is 1. The van der Waals surface area contributed by atoms with Crippen molar-refractivity contribution < 1.29 is 9.53 Å². The third kappa shape index (κ3) is 3.73. The predicted molar refractivity (Wildman–Crippen MR) is 75.6 cm³/mol. The van der Waals surface area contributed by atoms with Crippen LogP contribution in [0.2, 0.25) is 5.02 Å². The minimum atomic E-state index is -0.150. The Morgan fingerprint density at radius 3 is 2.95 bits per heavy atom. The number of carbonyl (C=O) groups is 1. The molecule has 1 saturated carbocycles. The van der Waals surface area contributed by atoms with Crippen LogP contribution in [0.25, 0.3) is 0 Å². The number of methoxy groups -OCH3 is 1. The van der Waals surface area contributed by atoms with Gasteiger partial charge in [-0.1, -0.05) is 11.6 Å². The summed E-state index contributed by atoms with van der Waals surface area (Å²) in [6.45, 7) is 0. The van der Waals surface area contributed by atoms with E-state index in [0.717, 1.165) is 23.6 Å². The fourth-order valence-electron chi connectivity index (χ4n) is 1.72. The zero-order valence-corrected chi connectivity index (χ0v) is 12.5. The van der Waals surface area contributed by atoms with Gasteiger partial charge in [0, 0.05) is 12.8 Å². The second kappa shape index (κ2) is 5.96. The van der Waals surface area contributed by atoms with Gasteiger partial charge >= 0.3 is 5.97 Å². The molecule has 0 atom stereocenters. The molecule has 0 radical (unpaired) electrons. The molecule has 104 valence electrons. The van der Waals surface area contributed by atoms with Gasteiger partial charge in [-0.05, 0) is 18.3 Å². The Hall–Kier alpha value is -1.01. The third-order valence-electron chi connectivity index (χ3n) is 3.15. The van der Waals surface area contributed by atoms with E-state index in [9.17, 15) is 4.79 Å². The molecule has 0 aliphatic heterocycles. The summed E-state index contributed by atoms with van der Waals surface area (Å²) in [5, 5.41) is 4.17. The van der Waals surface area contributed by atoms with E-state index in [1.54, 1.807) is 25.0 Å². The molecule has 0 spiro atoms. The summed E-state index contributed by atoms with van der Waals surface area (Å²) in [7, 11) is 3.18. The highest BCUT2D eigenvalue weighted by molar-refractivity contribution is 7.99. The quantitative estimate of drug-likeness (QED) is 0.495. The molecule has 1 aromatic rings. The van der Waals surface area contributed by atoms with Crippen LogP contribution >= 0.6 is 23.4 Å². The summed E-state index contributed by atoms with van der Waals surface area (Å²) >= 11 is 7.64. The van der Waals surface area contributed by atoms with Crippen molar-refractivity contribution in [1.29, 1.82) is 0 Å². The van der Waals surface area contributed by atoms with E-state index < -0.39 is 0 Å². The maximum atomic E-state index is 11.4. The highest BCUT2D eigenvalue weighted by Crippen LogP contribution is 2.52. The zero-order chi connectivity index (χ0) is 13.9. The maximum absolute atomic E-state index is 11.4. The Morgan fingerprint density at radius 2 is 2.37 bits per heavy atom. The van der Waals surface area contributed by atoms with Crippen LogP contribution in [0.4, 0.5) is 5.95 Å². The summed E-state index contributed by atoms with van der Waals surface area (Å²) in [5.74, 6) is 1.22. The number of hydrogen-bond donors (Lipinski definition) is 1. The summed E-state index contributed by atoms with van der Waals surface area (Å²) in [4.78, 5) is 19.7. The van der Waals surface area contributed by atoms with Crippen LogP contribution in [-0.4, -0.2) is 35.8 Å². The maximum Gasteiger partial charge on any atom is 0.306 e. The van der Waals surface area contributed by atoms with Gasteiger partial charge in [0.05, 0.1) is 24.8 Å². The van der Waals surface area contributed by atoms with E-state index in [-0.39, 0.29) is 11.4 Å². The van der Waals surface area contributed by atoms with Crippen molar-refractivity contribution in [2.24, 2.45) is 5.41 Å². The first kappa shape index (κ1) is 14.4. The Labute approximate surface area is 121 Å². The molecule has 1 aromatic heterocycles. The minimum Gasteiger partial charge on any atom is -0.469 e. The molecule has 0 amide bonds. The molecule has 2 rings (SSSR count).